The molecule has 4 rings (SSSR count). The van der Waals surface area contributed by atoms with Crippen LogP contribution in [0, 0.1) is 0 Å². The highest BCUT2D eigenvalue weighted by Crippen LogP contribution is 2.22. The largest absolute Gasteiger partial charge is 0.399 e. The van der Waals surface area contributed by atoms with Crippen molar-refractivity contribution in [1.82, 2.24) is 9.88 Å². The number of aromatic amines is 1. The number of nitrogen functional groups attached to an aromatic ring is 1. The molecule has 152 valence electrons. The van der Waals surface area contributed by atoms with Crippen LogP contribution in [0.2, 0.25) is 0 Å². The zero-order valence-corrected chi connectivity index (χ0v) is 16.7. The van der Waals surface area contributed by atoms with Crippen LogP contribution in [0.1, 0.15) is 17.5 Å². The number of amides is 1. The zero-order chi connectivity index (χ0) is 20.2. The first kappa shape index (κ1) is 19.3. The molecular formula is C23H29N5O. The molecule has 1 fully saturated rings. The van der Waals surface area contributed by atoms with Gasteiger partial charge in [-0.05, 0) is 66.9 Å². The highest BCUT2D eigenvalue weighted by molar-refractivity contribution is 5.84. The molecule has 6 heteroatoms. The Kier molecular flexibility index (Phi) is 5.71. The van der Waals surface area contributed by atoms with E-state index < -0.39 is 0 Å². The Morgan fingerprint density at radius 2 is 1.76 bits per heavy atom. The molecular weight excluding hydrogens is 362 g/mol. The Morgan fingerprint density at radius 3 is 2.48 bits per heavy atom. The predicted octanol–water partition coefficient (Wildman–Crippen LogP) is 2.53. The van der Waals surface area contributed by atoms with Gasteiger partial charge in [-0.2, -0.15) is 0 Å². The third-order valence-electron chi connectivity index (χ3n) is 5.76. The van der Waals surface area contributed by atoms with Crippen LogP contribution in [0.15, 0.2) is 48.7 Å². The smallest absolute Gasteiger partial charge is 0.223 e. The number of carbonyl (C=O) groups is 1. The van der Waals surface area contributed by atoms with E-state index in [4.69, 9.17) is 11.5 Å². The van der Waals surface area contributed by atoms with Crippen LogP contribution < -0.4 is 16.4 Å². The number of rotatable bonds is 6. The van der Waals surface area contributed by atoms with Gasteiger partial charge in [-0.1, -0.05) is 6.07 Å². The van der Waals surface area contributed by atoms with E-state index in [1.807, 2.05) is 35.4 Å². The van der Waals surface area contributed by atoms with Gasteiger partial charge in [-0.25, -0.2) is 0 Å². The lowest BCUT2D eigenvalue weighted by Crippen LogP contribution is -2.48. The average molecular weight is 392 g/mol. The van der Waals surface area contributed by atoms with Gasteiger partial charge in [-0.15, -0.1) is 0 Å². The lowest BCUT2D eigenvalue weighted by atomic mass is 10.0. The Morgan fingerprint density at radius 1 is 1.00 bits per heavy atom. The minimum absolute atomic E-state index is 0.235. The van der Waals surface area contributed by atoms with Crippen LogP contribution in [-0.2, 0) is 17.6 Å². The van der Waals surface area contributed by atoms with Crippen molar-refractivity contribution in [2.75, 3.05) is 43.4 Å². The highest BCUT2D eigenvalue weighted by Gasteiger charge is 2.21. The van der Waals surface area contributed by atoms with E-state index in [2.05, 4.69) is 28.1 Å². The van der Waals surface area contributed by atoms with Crippen LogP contribution in [0.25, 0.3) is 10.9 Å². The quantitative estimate of drug-likeness (QED) is 0.563. The Bertz CT molecular complexity index is 971. The fourth-order valence-corrected chi connectivity index (χ4v) is 4.05. The summed E-state index contributed by atoms with van der Waals surface area (Å²) < 4.78 is 0. The maximum Gasteiger partial charge on any atom is 0.223 e. The summed E-state index contributed by atoms with van der Waals surface area (Å²) in [7, 11) is 0. The normalized spacial score (nSPS) is 14.5. The van der Waals surface area contributed by atoms with Crippen molar-refractivity contribution >= 4 is 28.2 Å². The van der Waals surface area contributed by atoms with Crippen LogP contribution >= 0.6 is 0 Å². The first-order valence-corrected chi connectivity index (χ1v) is 10.3. The molecule has 0 unspecified atom stereocenters. The molecule has 0 radical (unpaired) electrons. The third-order valence-corrected chi connectivity index (χ3v) is 5.76. The van der Waals surface area contributed by atoms with E-state index >= 15 is 0 Å². The number of H-pyrrole nitrogens is 1. The maximum atomic E-state index is 12.7. The second kappa shape index (κ2) is 8.57. The maximum absolute atomic E-state index is 12.7. The monoisotopic (exact) mass is 391 g/mol. The number of nitrogens with zero attached hydrogens (tertiary/aromatic N) is 2. The fourth-order valence-electron chi connectivity index (χ4n) is 4.05. The molecule has 0 spiro atoms. The molecule has 2 aromatic carbocycles. The minimum atomic E-state index is 0.235. The number of anilines is 2. The summed E-state index contributed by atoms with van der Waals surface area (Å²) in [6.07, 6.45) is 4.21. The van der Waals surface area contributed by atoms with Gasteiger partial charge in [-0.3, -0.25) is 4.79 Å². The number of aryl methyl sites for hydroxylation is 1. The van der Waals surface area contributed by atoms with Crippen molar-refractivity contribution in [3.8, 4) is 0 Å². The molecule has 0 atom stereocenters. The van der Waals surface area contributed by atoms with Crippen molar-refractivity contribution in [3.05, 3.63) is 59.8 Å². The van der Waals surface area contributed by atoms with Gasteiger partial charge < -0.3 is 26.3 Å². The number of aromatic nitrogens is 1. The average Bonchev–Trinajstić information content (AvgIpc) is 3.15. The second-order valence-corrected chi connectivity index (χ2v) is 7.69. The summed E-state index contributed by atoms with van der Waals surface area (Å²) in [5, 5.41) is 1.22. The Hall–Kier alpha value is -2.99. The molecule has 3 aromatic rings. The van der Waals surface area contributed by atoms with Gasteiger partial charge >= 0.3 is 0 Å². The Labute approximate surface area is 171 Å². The van der Waals surface area contributed by atoms with E-state index in [1.54, 1.807) is 0 Å². The number of nitrogens with two attached hydrogens (primary N) is 2. The molecule has 0 aliphatic carbocycles. The molecule has 0 saturated carbocycles. The van der Waals surface area contributed by atoms with Crippen LogP contribution in [0.4, 0.5) is 11.4 Å². The van der Waals surface area contributed by atoms with Gasteiger partial charge in [0.05, 0.1) is 0 Å². The molecule has 1 aliphatic rings. The summed E-state index contributed by atoms with van der Waals surface area (Å²) in [5.74, 6) is 0.235. The first-order chi connectivity index (χ1) is 14.1. The summed E-state index contributed by atoms with van der Waals surface area (Å²) in [5.41, 5.74) is 17.0. The molecule has 5 N–H and O–H groups in total. The summed E-state index contributed by atoms with van der Waals surface area (Å²) in [6.45, 7) is 3.88. The second-order valence-electron chi connectivity index (χ2n) is 7.69. The standard InChI is InChI=1S/C23H29N5O/c24-10-9-18-16-26-22-7-1-17(15-21(18)22)2-8-23(29)28-13-11-27(12-14-28)20-5-3-19(25)4-6-20/h1,3-7,15-16,26H,2,8-14,24-25H2. The Balaban J connectivity index is 1.31. The van der Waals surface area contributed by atoms with E-state index in [9.17, 15) is 4.79 Å². The molecule has 1 aliphatic heterocycles. The van der Waals surface area contributed by atoms with Gasteiger partial charge in [0.25, 0.3) is 0 Å². The van der Waals surface area contributed by atoms with Crippen LogP contribution in [0.3, 0.4) is 0 Å². The van der Waals surface area contributed by atoms with Crippen LogP contribution in [-0.4, -0.2) is 48.5 Å². The zero-order valence-electron chi connectivity index (χ0n) is 16.7. The third kappa shape index (κ3) is 4.38. The number of fused-ring (bicyclic) bond motifs is 1. The topological polar surface area (TPSA) is 91.4 Å². The first-order valence-electron chi connectivity index (χ1n) is 10.3. The van der Waals surface area contributed by atoms with E-state index in [0.29, 0.717) is 13.0 Å². The highest BCUT2D eigenvalue weighted by atomic mass is 16.2. The molecule has 29 heavy (non-hydrogen) atoms. The van der Waals surface area contributed by atoms with Crippen molar-refractivity contribution in [2.45, 2.75) is 19.3 Å². The number of hydrogen-bond donors (Lipinski definition) is 3. The number of benzene rings is 2. The molecule has 1 aromatic heterocycles. The van der Waals surface area contributed by atoms with Gasteiger partial charge in [0, 0.05) is 61.1 Å². The number of nitrogens with one attached hydrogen (secondary N) is 1. The molecule has 2 heterocycles. The number of hydrogen-bond acceptors (Lipinski definition) is 4. The SMILES string of the molecule is NCCc1c[nH]c2ccc(CCC(=O)N3CCN(c4ccc(N)cc4)CC3)cc12. The number of piperazine rings is 1. The van der Waals surface area contributed by atoms with Gasteiger partial charge in [0.15, 0.2) is 0 Å². The lowest BCUT2D eigenvalue weighted by Gasteiger charge is -2.36. The van der Waals surface area contributed by atoms with E-state index in [1.165, 1.54) is 22.2 Å². The molecule has 1 saturated heterocycles. The lowest BCUT2D eigenvalue weighted by molar-refractivity contribution is -0.131. The molecule has 1 amide bonds. The van der Waals surface area contributed by atoms with Crippen molar-refractivity contribution in [3.63, 3.8) is 0 Å². The summed E-state index contributed by atoms with van der Waals surface area (Å²) in [4.78, 5) is 20.3. The van der Waals surface area contributed by atoms with Gasteiger partial charge in [0.2, 0.25) is 5.91 Å². The summed E-state index contributed by atoms with van der Waals surface area (Å²) >= 11 is 0. The van der Waals surface area contributed by atoms with Crippen molar-refractivity contribution < 1.29 is 4.79 Å². The minimum Gasteiger partial charge on any atom is -0.399 e. The van der Waals surface area contributed by atoms with E-state index in [-0.39, 0.29) is 5.91 Å². The molecule has 6 nitrogen and oxygen atoms in total. The predicted molar refractivity (Wildman–Crippen MR) is 119 cm³/mol. The van der Waals surface area contributed by atoms with Crippen molar-refractivity contribution in [2.24, 2.45) is 5.73 Å². The number of carbonyl (C=O) groups excluding carboxylic acids is 1. The van der Waals surface area contributed by atoms with Crippen LogP contribution in [0.5, 0.6) is 0 Å². The van der Waals surface area contributed by atoms with Crippen molar-refractivity contribution in [1.29, 1.82) is 0 Å². The molecule has 0 bridgehead atoms. The van der Waals surface area contributed by atoms with Gasteiger partial charge in [0.1, 0.15) is 0 Å². The summed E-state index contributed by atoms with van der Waals surface area (Å²) in [6, 6.07) is 14.3. The fraction of sp³-hybridized carbons (Fsp3) is 0.348. The van der Waals surface area contributed by atoms with E-state index in [0.717, 1.165) is 50.2 Å².